The lowest BCUT2D eigenvalue weighted by molar-refractivity contribution is 0.564. The Labute approximate surface area is 74.7 Å². The Balaban J connectivity index is 3.04. The van der Waals surface area contributed by atoms with Crippen LogP contribution in [-0.2, 0) is 9.59 Å². The van der Waals surface area contributed by atoms with Gasteiger partial charge in [0.2, 0.25) is 12.2 Å². The van der Waals surface area contributed by atoms with Gasteiger partial charge in [-0.1, -0.05) is 12.7 Å². The van der Waals surface area contributed by atoms with Crippen LogP contribution in [0.5, 0.6) is 0 Å². The third-order valence-corrected chi connectivity index (χ3v) is 1.55. The summed E-state index contributed by atoms with van der Waals surface area (Å²) in [5.74, 6) is 0. The Morgan fingerprint density at radius 2 is 2.00 bits per heavy atom. The van der Waals surface area contributed by atoms with Crippen LogP contribution in [0.3, 0.4) is 0 Å². The molecule has 0 atom stereocenters. The molecular weight excluding hydrogens is 168 g/mol. The topological polar surface area (TPSA) is 58.9 Å². The summed E-state index contributed by atoms with van der Waals surface area (Å²) in [6.45, 7) is 3.68. The second-order valence-corrected chi connectivity index (χ2v) is 2.37. The van der Waals surface area contributed by atoms with Crippen molar-refractivity contribution in [2.45, 2.75) is 6.42 Å². The maximum Gasteiger partial charge on any atom is 0.240 e. The van der Waals surface area contributed by atoms with Crippen LogP contribution in [0.15, 0.2) is 45.7 Å². The number of hydrogen-bond acceptors (Lipinski definition) is 4. The molecule has 0 unspecified atom stereocenters. The highest BCUT2D eigenvalue weighted by Crippen LogP contribution is 2.22. The van der Waals surface area contributed by atoms with E-state index in [1.165, 1.54) is 18.2 Å². The third kappa shape index (κ3) is 2.20. The summed E-state index contributed by atoms with van der Waals surface area (Å²) in [5, 5.41) is 0. The first-order valence-corrected chi connectivity index (χ1v) is 3.53. The fourth-order valence-electron chi connectivity index (χ4n) is 0.925. The zero-order valence-corrected chi connectivity index (χ0v) is 6.78. The quantitative estimate of drug-likeness (QED) is 0.469. The van der Waals surface area contributed by atoms with E-state index in [-0.39, 0.29) is 0 Å². The van der Waals surface area contributed by atoms with Crippen molar-refractivity contribution in [1.82, 2.24) is 0 Å². The first kappa shape index (κ1) is 9.07. The Kier molecular flexibility index (Phi) is 2.87. The van der Waals surface area contributed by atoms with Gasteiger partial charge in [-0.25, -0.2) is 9.59 Å². The Hall–Kier alpha value is -2.02. The number of isocyanates is 2. The molecule has 4 heteroatoms. The Morgan fingerprint density at radius 3 is 2.62 bits per heavy atom. The first-order chi connectivity index (χ1) is 6.27. The van der Waals surface area contributed by atoms with Crippen LogP contribution in [-0.4, -0.2) is 12.2 Å². The smallest absolute Gasteiger partial charge is 0.211 e. The van der Waals surface area contributed by atoms with Crippen molar-refractivity contribution in [1.29, 1.82) is 0 Å². The van der Waals surface area contributed by atoms with Gasteiger partial charge in [0.05, 0.1) is 11.4 Å². The lowest BCUT2D eigenvalue weighted by atomic mass is 10.0. The summed E-state index contributed by atoms with van der Waals surface area (Å²) < 4.78 is 0. The molecule has 0 saturated carbocycles. The van der Waals surface area contributed by atoms with Gasteiger partial charge in [-0.15, -0.1) is 0 Å². The summed E-state index contributed by atoms with van der Waals surface area (Å²) in [6.07, 6.45) is 6.53. The van der Waals surface area contributed by atoms with Crippen molar-refractivity contribution in [3.8, 4) is 0 Å². The van der Waals surface area contributed by atoms with Crippen LogP contribution in [0.2, 0.25) is 0 Å². The van der Waals surface area contributed by atoms with E-state index in [1.807, 2.05) is 0 Å². The summed E-state index contributed by atoms with van der Waals surface area (Å²) in [5.41, 5.74) is 1.55. The highest BCUT2D eigenvalue weighted by Gasteiger charge is 2.07. The van der Waals surface area contributed by atoms with Gasteiger partial charge in [0, 0.05) is 0 Å². The van der Waals surface area contributed by atoms with Crippen molar-refractivity contribution in [3.05, 3.63) is 35.7 Å². The van der Waals surface area contributed by atoms with Gasteiger partial charge in [0.25, 0.3) is 0 Å². The zero-order chi connectivity index (χ0) is 9.68. The molecular formula is C9H6N2O2. The van der Waals surface area contributed by atoms with Crippen LogP contribution in [0.25, 0.3) is 0 Å². The maximum absolute atomic E-state index is 9.98. The number of nitrogens with zero attached hydrogens (tertiary/aromatic N) is 2. The minimum Gasteiger partial charge on any atom is -0.211 e. The van der Waals surface area contributed by atoms with Gasteiger partial charge < -0.3 is 0 Å². The molecule has 0 heterocycles. The fraction of sp³-hybridized carbons (Fsp3) is 0.111. The first-order valence-electron chi connectivity index (χ1n) is 3.53. The van der Waals surface area contributed by atoms with Crippen molar-refractivity contribution in [3.63, 3.8) is 0 Å². The van der Waals surface area contributed by atoms with Gasteiger partial charge >= 0.3 is 0 Å². The van der Waals surface area contributed by atoms with Crippen LogP contribution >= 0.6 is 0 Å². The molecule has 0 aromatic carbocycles. The molecule has 0 spiro atoms. The molecule has 0 radical (unpaired) electrons. The maximum atomic E-state index is 9.98. The van der Waals surface area contributed by atoms with Crippen LogP contribution in [0.1, 0.15) is 6.42 Å². The number of hydrogen-bond donors (Lipinski definition) is 0. The highest BCUT2D eigenvalue weighted by molar-refractivity contribution is 5.50. The van der Waals surface area contributed by atoms with Crippen molar-refractivity contribution in [2.24, 2.45) is 9.98 Å². The fourth-order valence-corrected chi connectivity index (χ4v) is 0.925. The minimum absolute atomic E-state index is 0.409. The van der Waals surface area contributed by atoms with Crippen molar-refractivity contribution < 1.29 is 9.59 Å². The summed E-state index contributed by atoms with van der Waals surface area (Å²) in [6, 6.07) is 0. The molecule has 0 aliphatic heterocycles. The largest absolute Gasteiger partial charge is 0.240 e. The lowest BCUT2D eigenvalue weighted by Gasteiger charge is -2.06. The second-order valence-electron chi connectivity index (χ2n) is 2.37. The third-order valence-electron chi connectivity index (χ3n) is 1.55. The molecule has 1 rings (SSSR count). The van der Waals surface area contributed by atoms with Gasteiger partial charge in [0.15, 0.2) is 0 Å². The molecule has 0 amide bonds. The van der Waals surface area contributed by atoms with E-state index >= 15 is 0 Å². The standard InChI is InChI=1S/C9H6N2O2/c1-7-2-3-8(10-5-12)4-9(7)11-6-13/h3-4H,1-2H2. The zero-order valence-electron chi connectivity index (χ0n) is 6.78. The Bertz CT molecular complexity index is 392. The number of rotatable bonds is 2. The van der Waals surface area contributed by atoms with Crippen LogP contribution in [0.4, 0.5) is 0 Å². The van der Waals surface area contributed by atoms with Gasteiger partial charge in [-0.05, 0) is 18.1 Å². The summed E-state index contributed by atoms with van der Waals surface area (Å²) >= 11 is 0. The number of carbonyl (C=O) groups excluding carboxylic acids is 2. The van der Waals surface area contributed by atoms with E-state index in [0.29, 0.717) is 23.4 Å². The minimum atomic E-state index is 0.409. The summed E-state index contributed by atoms with van der Waals surface area (Å²) in [7, 11) is 0. The lowest BCUT2D eigenvalue weighted by Crippen LogP contribution is -1.91. The van der Waals surface area contributed by atoms with Crippen LogP contribution in [0, 0.1) is 0 Å². The van der Waals surface area contributed by atoms with E-state index < -0.39 is 0 Å². The molecule has 1 aliphatic carbocycles. The average molecular weight is 174 g/mol. The Morgan fingerprint density at radius 1 is 1.31 bits per heavy atom. The second kappa shape index (κ2) is 4.12. The van der Waals surface area contributed by atoms with Gasteiger partial charge in [0.1, 0.15) is 0 Å². The predicted octanol–water partition coefficient (Wildman–Crippen LogP) is 1.39. The van der Waals surface area contributed by atoms with Gasteiger partial charge in [-0.3, -0.25) is 0 Å². The summed E-state index contributed by atoms with van der Waals surface area (Å²) in [4.78, 5) is 26.7. The normalized spacial score (nSPS) is 14.9. The molecule has 1 aliphatic rings. The highest BCUT2D eigenvalue weighted by atomic mass is 16.1. The van der Waals surface area contributed by atoms with E-state index in [2.05, 4.69) is 16.6 Å². The molecule has 0 saturated heterocycles. The van der Waals surface area contributed by atoms with E-state index in [0.717, 1.165) is 0 Å². The van der Waals surface area contributed by atoms with Crippen molar-refractivity contribution in [2.75, 3.05) is 0 Å². The molecule has 64 valence electrons. The number of allylic oxidation sites excluding steroid dienone is 3. The number of aliphatic imine (C=N–C) groups is 2. The van der Waals surface area contributed by atoms with E-state index in [1.54, 1.807) is 6.08 Å². The monoisotopic (exact) mass is 174 g/mol. The van der Waals surface area contributed by atoms with Gasteiger partial charge in [-0.2, -0.15) is 9.98 Å². The predicted molar refractivity (Wildman–Crippen MR) is 46.2 cm³/mol. The SMILES string of the molecule is C=C1CC=C(N=C=O)C=C1N=C=O. The molecule has 4 nitrogen and oxygen atoms in total. The molecule has 0 aromatic rings. The molecule has 0 aromatic heterocycles. The molecule has 0 bridgehead atoms. The van der Waals surface area contributed by atoms with E-state index in [9.17, 15) is 9.59 Å². The molecule has 0 fully saturated rings. The van der Waals surface area contributed by atoms with Crippen molar-refractivity contribution >= 4 is 12.2 Å². The van der Waals surface area contributed by atoms with Crippen LogP contribution < -0.4 is 0 Å². The molecule has 0 N–H and O–H groups in total. The average Bonchev–Trinajstić information content (AvgIpc) is 2.12. The van der Waals surface area contributed by atoms with E-state index in [4.69, 9.17) is 0 Å². The molecule has 13 heavy (non-hydrogen) atoms.